The summed E-state index contributed by atoms with van der Waals surface area (Å²) >= 11 is 0. The van der Waals surface area contributed by atoms with Gasteiger partial charge in [-0.25, -0.2) is 8.42 Å². The molecule has 5 heteroatoms. The van der Waals surface area contributed by atoms with Crippen LogP contribution >= 0.6 is 0 Å². The number of hydrogen-bond donors (Lipinski definition) is 0. The molecule has 0 atom stereocenters. The number of sulfone groups is 1. The lowest BCUT2D eigenvalue weighted by atomic mass is 9.75. The zero-order valence-electron chi connectivity index (χ0n) is 8.32. The molecule has 2 heterocycles. The van der Waals surface area contributed by atoms with Crippen molar-refractivity contribution >= 4 is 15.7 Å². The summed E-state index contributed by atoms with van der Waals surface area (Å²) in [5.74, 6) is 0.710. The van der Waals surface area contributed by atoms with E-state index < -0.39 is 9.84 Å². The Labute approximate surface area is 84.2 Å². The van der Waals surface area contributed by atoms with Gasteiger partial charge in [-0.15, -0.1) is 0 Å². The van der Waals surface area contributed by atoms with Gasteiger partial charge in [0.1, 0.15) is 9.84 Å². The Bertz CT molecular complexity index is 338. The lowest BCUT2D eigenvalue weighted by Gasteiger charge is -2.51. The number of carbonyl (C=O) groups excluding carboxylic acids is 1. The molecule has 1 amide bonds. The molecule has 2 saturated heterocycles. The van der Waals surface area contributed by atoms with Crippen LogP contribution in [0.3, 0.4) is 0 Å². The molecular formula is C9H15NO3S. The third-order valence-corrected chi connectivity index (χ3v) is 5.04. The van der Waals surface area contributed by atoms with E-state index in [-0.39, 0.29) is 11.3 Å². The minimum Gasteiger partial charge on any atom is -0.342 e. The van der Waals surface area contributed by atoms with Crippen molar-refractivity contribution in [3.63, 3.8) is 0 Å². The quantitative estimate of drug-likeness (QED) is 0.576. The third kappa shape index (κ3) is 1.65. The molecule has 4 nitrogen and oxygen atoms in total. The van der Waals surface area contributed by atoms with Gasteiger partial charge in [0.25, 0.3) is 0 Å². The van der Waals surface area contributed by atoms with Crippen molar-refractivity contribution < 1.29 is 13.2 Å². The minimum atomic E-state index is -2.77. The molecule has 80 valence electrons. The molecule has 0 aliphatic carbocycles. The van der Waals surface area contributed by atoms with Gasteiger partial charge in [0.15, 0.2) is 0 Å². The van der Waals surface area contributed by atoms with Crippen molar-refractivity contribution in [1.29, 1.82) is 0 Å². The molecule has 2 aliphatic heterocycles. The third-order valence-electron chi connectivity index (χ3n) is 3.38. The lowest BCUT2D eigenvalue weighted by Crippen LogP contribution is -2.60. The number of amides is 1. The van der Waals surface area contributed by atoms with Crippen LogP contribution in [0, 0.1) is 5.41 Å². The molecule has 0 aromatic heterocycles. The van der Waals surface area contributed by atoms with Crippen molar-refractivity contribution in [2.24, 2.45) is 5.41 Å². The van der Waals surface area contributed by atoms with Crippen molar-refractivity contribution in [2.45, 2.75) is 19.8 Å². The smallest absolute Gasteiger partial charge is 0.219 e. The first kappa shape index (κ1) is 9.96. The highest BCUT2D eigenvalue weighted by Crippen LogP contribution is 2.40. The van der Waals surface area contributed by atoms with Crippen LogP contribution in [0.2, 0.25) is 0 Å². The van der Waals surface area contributed by atoms with Gasteiger partial charge in [0, 0.05) is 25.4 Å². The Kier molecular flexibility index (Phi) is 2.10. The van der Waals surface area contributed by atoms with Crippen LogP contribution in [0.1, 0.15) is 19.8 Å². The van der Waals surface area contributed by atoms with Gasteiger partial charge in [-0.2, -0.15) is 0 Å². The molecule has 2 fully saturated rings. The second-order valence-electron chi connectivity index (χ2n) is 4.53. The highest BCUT2D eigenvalue weighted by atomic mass is 32.2. The summed E-state index contributed by atoms with van der Waals surface area (Å²) in [4.78, 5) is 12.8. The van der Waals surface area contributed by atoms with Crippen molar-refractivity contribution in [3.05, 3.63) is 0 Å². The number of likely N-dealkylation sites (tertiary alicyclic amines) is 1. The maximum absolute atomic E-state index is 11.2. The maximum Gasteiger partial charge on any atom is 0.219 e. The van der Waals surface area contributed by atoms with Crippen molar-refractivity contribution in [3.8, 4) is 0 Å². The fourth-order valence-electron chi connectivity index (χ4n) is 2.27. The summed E-state index contributed by atoms with van der Waals surface area (Å²) in [5, 5.41) is 0. The molecular weight excluding hydrogens is 202 g/mol. The summed E-state index contributed by atoms with van der Waals surface area (Å²) in [6.45, 7) is 3.09. The van der Waals surface area contributed by atoms with E-state index in [1.165, 1.54) is 0 Å². The van der Waals surface area contributed by atoms with Gasteiger partial charge in [-0.05, 0) is 12.8 Å². The molecule has 2 rings (SSSR count). The van der Waals surface area contributed by atoms with E-state index in [2.05, 4.69) is 0 Å². The largest absolute Gasteiger partial charge is 0.342 e. The predicted octanol–water partition coefficient (Wildman–Crippen LogP) is 0.0435. The molecule has 14 heavy (non-hydrogen) atoms. The van der Waals surface area contributed by atoms with Gasteiger partial charge in [0.05, 0.1) is 11.5 Å². The summed E-state index contributed by atoms with van der Waals surface area (Å²) in [7, 11) is -2.77. The van der Waals surface area contributed by atoms with Crippen LogP contribution < -0.4 is 0 Å². The number of nitrogens with zero attached hydrogens (tertiary/aromatic N) is 1. The van der Waals surface area contributed by atoms with E-state index >= 15 is 0 Å². The lowest BCUT2D eigenvalue weighted by molar-refractivity contribution is -0.141. The SMILES string of the molecule is CC(=O)N1CC2(CCS(=O)(=O)CC2)C1. The van der Waals surface area contributed by atoms with Crippen LogP contribution in [-0.4, -0.2) is 43.8 Å². The van der Waals surface area contributed by atoms with Crippen LogP contribution in [0.15, 0.2) is 0 Å². The Morgan fingerprint density at radius 2 is 1.71 bits per heavy atom. The van der Waals surface area contributed by atoms with E-state index in [1.54, 1.807) is 11.8 Å². The second-order valence-corrected chi connectivity index (χ2v) is 6.83. The standard InChI is InChI=1S/C9H15NO3S/c1-8(11)10-6-9(7-10)2-4-14(12,13)5-3-9/h2-7H2,1H3. The average molecular weight is 217 g/mol. The highest BCUT2D eigenvalue weighted by Gasteiger charge is 2.47. The Balaban J connectivity index is 1.95. The monoisotopic (exact) mass is 217 g/mol. The summed E-state index contributed by atoms with van der Waals surface area (Å²) < 4.78 is 22.4. The zero-order chi connectivity index (χ0) is 10.4. The zero-order valence-corrected chi connectivity index (χ0v) is 9.14. The topological polar surface area (TPSA) is 54.5 Å². The van der Waals surface area contributed by atoms with Crippen LogP contribution in [0.4, 0.5) is 0 Å². The molecule has 0 saturated carbocycles. The normalized spacial score (nSPS) is 28.5. The first-order valence-corrected chi connectivity index (χ1v) is 6.71. The molecule has 2 aliphatic rings. The minimum absolute atomic E-state index is 0.101. The Morgan fingerprint density at radius 3 is 2.14 bits per heavy atom. The molecule has 0 bridgehead atoms. The van der Waals surface area contributed by atoms with E-state index in [4.69, 9.17) is 0 Å². The van der Waals surface area contributed by atoms with Gasteiger partial charge in [-0.3, -0.25) is 4.79 Å². The second kappa shape index (κ2) is 2.95. The van der Waals surface area contributed by atoms with E-state index in [1.807, 2.05) is 0 Å². The molecule has 0 aromatic carbocycles. The van der Waals surface area contributed by atoms with Gasteiger partial charge in [0.2, 0.25) is 5.91 Å². The summed E-state index contributed by atoms with van der Waals surface area (Å²) in [5.41, 5.74) is 0.136. The maximum atomic E-state index is 11.2. The molecule has 0 radical (unpaired) electrons. The fraction of sp³-hybridized carbons (Fsp3) is 0.889. The van der Waals surface area contributed by atoms with Crippen molar-refractivity contribution in [1.82, 2.24) is 4.90 Å². The van der Waals surface area contributed by atoms with Crippen molar-refractivity contribution in [2.75, 3.05) is 24.6 Å². The molecule has 0 N–H and O–H groups in total. The number of hydrogen-bond acceptors (Lipinski definition) is 3. The van der Waals surface area contributed by atoms with Crippen LogP contribution in [-0.2, 0) is 14.6 Å². The van der Waals surface area contributed by atoms with Gasteiger partial charge in [-0.1, -0.05) is 0 Å². The average Bonchev–Trinajstić information content (AvgIpc) is 2.00. The van der Waals surface area contributed by atoms with Crippen LogP contribution in [0.5, 0.6) is 0 Å². The number of rotatable bonds is 0. The Hall–Kier alpha value is -0.580. The van der Waals surface area contributed by atoms with Crippen LogP contribution in [0.25, 0.3) is 0 Å². The molecule has 1 spiro atoms. The van der Waals surface area contributed by atoms with Gasteiger partial charge >= 0.3 is 0 Å². The predicted molar refractivity (Wildman–Crippen MR) is 52.6 cm³/mol. The molecule has 0 aromatic rings. The first-order valence-electron chi connectivity index (χ1n) is 4.89. The fourth-order valence-corrected chi connectivity index (χ4v) is 3.97. The van der Waals surface area contributed by atoms with E-state index in [9.17, 15) is 13.2 Å². The summed E-state index contributed by atoms with van der Waals surface area (Å²) in [6, 6.07) is 0. The van der Waals surface area contributed by atoms with E-state index in [0.29, 0.717) is 11.5 Å². The Morgan fingerprint density at radius 1 is 1.21 bits per heavy atom. The number of carbonyl (C=O) groups is 1. The van der Waals surface area contributed by atoms with E-state index in [0.717, 1.165) is 25.9 Å². The first-order chi connectivity index (χ1) is 6.43. The summed E-state index contributed by atoms with van der Waals surface area (Å²) in [6.07, 6.45) is 1.47. The highest BCUT2D eigenvalue weighted by molar-refractivity contribution is 7.91. The van der Waals surface area contributed by atoms with Gasteiger partial charge < -0.3 is 4.90 Å². The molecule has 0 unspecified atom stereocenters.